The molecule has 1 saturated heterocycles. The number of pyridine rings is 1. The van der Waals surface area contributed by atoms with Crippen LogP contribution in [-0.2, 0) is 22.6 Å². The predicted molar refractivity (Wildman–Crippen MR) is 107 cm³/mol. The minimum absolute atomic E-state index is 0.0374. The molecule has 1 aromatic carbocycles. The second kappa shape index (κ2) is 7.66. The van der Waals surface area contributed by atoms with Crippen LogP contribution < -0.4 is 5.56 Å². The van der Waals surface area contributed by atoms with Gasteiger partial charge in [-0.25, -0.2) is 0 Å². The number of ether oxygens (including phenoxy) is 1. The molecular weight excluding hydrogens is 360 g/mol. The van der Waals surface area contributed by atoms with Crippen molar-refractivity contribution >= 4 is 28.1 Å². The number of hydrogen-bond acceptors (Lipinski definition) is 4. The molecule has 1 aliphatic heterocycles. The molecule has 6 heteroatoms. The third kappa shape index (κ3) is 3.82. The van der Waals surface area contributed by atoms with Crippen LogP contribution in [-0.4, -0.2) is 28.5 Å². The number of carbonyl (C=O) groups is 1. The van der Waals surface area contributed by atoms with Crippen LogP contribution in [0, 0.1) is 6.92 Å². The Morgan fingerprint density at radius 3 is 2.93 bits per heavy atom. The Hall–Kier alpha value is -2.44. The number of para-hydroxylation sites is 1. The summed E-state index contributed by atoms with van der Waals surface area (Å²) in [7, 11) is 0. The zero-order valence-electron chi connectivity index (χ0n) is 15.2. The number of nitrogens with one attached hydrogen (secondary N) is 1. The van der Waals surface area contributed by atoms with Crippen molar-refractivity contribution in [2.24, 2.45) is 0 Å². The lowest BCUT2D eigenvalue weighted by Crippen LogP contribution is -2.39. The van der Waals surface area contributed by atoms with Crippen molar-refractivity contribution in [3.63, 3.8) is 0 Å². The van der Waals surface area contributed by atoms with Crippen LogP contribution in [0.1, 0.15) is 28.8 Å². The van der Waals surface area contributed by atoms with Crippen LogP contribution in [0.2, 0.25) is 0 Å². The average molecular weight is 382 g/mol. The largest absolute Gasteiger partial charge is 0.368 e. The number of hydrogen-bond donors (Lipinski definition) is 1. The molecule has 1 aliphatic rings. The monoisotopic (exact) mass is 382 g/mol. The molecule has 0 bridgehead atoms. The Kier molecular flexibility index (Phi) is 5.09. The van der Waals surface area contributed by atoms with Gasteiger partial charge in [-0.05, 0) is 48.2 Å². The molecule has 2 aromatic heterocycles. The van der Waals surface area contributed by atoms with Crippen LogP contribution in [0.4, 0.5) is 0 Å². The molecule has 27 heavy (non-hydrogen) atoms. The van der Waals surface area contributed by atoms with Gasteiger partial charge in [-0.15, -0.1) is 11.3 Å². The van der Waals surface area contributed by atoms with Crippen molar-refractivity contribution in [3.8, 4) is 0 Å². The summed E-state index contributed by atoms with van der Waals surface area (Å²) in [6.07, 6.45) is 1.25. The number of aromatic amines is 1. The lowest BCUT2D eigenvalue weighted by molar-refractivity contribution is -0.142. The SMILES string of the molecule is Cc1cccc2cc(CN(Cc3cccs3)C(=O)C3CCCO3)c(=O)[nH]c12. The highest BCUT2D eigenvalue weighted by molar-refractivity contribution is 7.09. The molecule has 3 heterocycles. The summed E-state index contributed by atoms with van der Waals surface area (Å²) in [6, 6.07) is 11.8. The molecule has 5 nitrogen and oxygen atoms in total. The van der Waals surface area contributed by atoms with Gasteiger partial charge in [0.05, 0.1) is 18.6 Å². The van der Waals surface area contributed by atoms with Crippen LogP contribution in [0.25, 0.3) is 10.9 Å². The first-order chi connectivity index (χ1) is 13.1. The minimum Gasteiger partial charge on any atom is -0.368 e. The van der Waals surface area contributed by atoms with E-state index in [9.17, 15) is 9.59 Å². The minimum atomic E-state index is -0.397. The summed E-state index contributed by atoms with van der Waals surface area (Å²) >= 11 is 1.61. The first-order valence-corrected chi connectivity index (χ1v) is 10.0. The lowest BCUT2D eigenvalue weighted by atomic mass is 10.1. The fourth-order valence-corrected chi connectivity index (χ4v) is 4.25. The van der Waals surface area contributed by atoms with Gasteiger partial charge in [0.1, 0.15) is 6.10 Å². The second-order valence-corrected chi connectivity index (χ2v) is 7.97. The van der Waals surface area contributed by atoms with Crippen LogP contribution >= 0.6 is 11.3 Å². The molecule has 140 valence electrons. The third-order valence-electron chi connectivity index (χ3n) is 4.97. The van der Waals surface area contributed by atoms with Gasteiger partial charge < -0.3 is 14.6 Å². The quantitative estimate of drug-likeness (QED) is 0.733. The fourth-order valence-electron chi connectivity index (χ4n) is 3.53. The highest BCUT2D eigenvalue weighted by Crippen LogP contribution is 2.21. The van der Waals surface area contributed by atoms with E-state index >= 15 is 0 Å². The Balaban J connectivity index is 1.66. The van der Waals surface area contributed by atoms with Crippen LogP contribution in [0.3, 0.4) is 0 Å². The number of nitrogens with zero attached hydrogens (tertiary/aromatic N) is 1. The van der Waals surface area contributed by atoms with Crippen molar-refractivity contribution in [1.29, 1.82) is 0 Å². The van der Waals surface area contributed by atoms with E-state index < -0.39 is 6.10 Å². The second-order valence-electron chi connectivity index (χ2n) is 6.94. The van der Waals surface area contributed by atoms with Crippen LogP contribution in [0.5, 0.6) is 0 Å². The lowest BCUT2D eigenvalue weighted by Gasteiger charge is -2.25. The molecule has 1 amide bonds. The zero-order valence-corrected chi connectivity index (χ0v) is 16.1. The average Bonchev–Trinajstić information content (AvgIpc) is 3.36. The number of thiophene rings is 1. The van der Waals surface area contributed by atoms with Crippen molar-refractivity contribution in [1.82, 2.24) is 9.88 Å². The van der Waals surface area contributed by atoms with Crippen LogP contribution in [0.15, 0.2) is 46.6 Å². The molecular formula is C21H22N2O3S. The van der Waals surface area contributed by atoms with Crippen molar-refractivity contribution in [2.45, 2.75) is 39.0 Å². The Labute approximate surface area is 161 Å². The van der Waals surface area contributed by atoms with E-state index in [1.165, 1.54) is 0 Å². The summed E-state index contributed by atoms with van der Waals surface area (Å²) in [5.41, 5.74) is 2.33. The normalized spacial score (nSPS) is 16.7. The number of benzene rings is 1. The van der Waals surface area contributed by atoms with Gasteiger partial charge in [-0.3, -0.25) is 9.59 Å². The number of amides is 1. The van der Waals surface area contributed by atoms with Gasteiger partial charge >= 0.3 is 0 Å². The van der Waals surface area contributed by atoms with E-state index in [1.807, 2.05) is 48.7 Å². The van der Waals surface area contributed by atoms with Crippen molar-refractivity contribution < 1.29 is 9.53 Å². The molecule has 1 N–H and O–H groups in total. The molecule has 1 atom stereocenters. The van der Waals surface area contributed by atoms with Gasteiger partial charge in [0.2, 0.25) is 0 Å². The summed E-state index contributed by atoms with van der Waals surface area (Å²) in [4.78, 5) is 31.5. The van der Waals surface area contributed by atoms with E-state index in [-0.39, 0.29) is 18.0 Å². The van der Waals surface area contributed by atoms with Gasteiger partial charge in [-0.2, -0.15) is 0 Å². The maximum atomic E-state index is 13.0. The van der Waals surface area contributed by atoms with E-state index in [0.717, 1.165) is 34.2 Å². The molecule has 0 radical (unpaired) electrons. The molecule has 0 spiro atoms. The standard InChI is InChI=1S/C21H22N2O3S/c1-14-5-2-6-15-11-16(20(24)22-19(14)15)12-23(13-17-7-4-10-27-17)21(25)18-8-3-9-26-18/h2,4-7,10-11,18H,3,8-9,12-13H2,1H3,(H,22,24). The van der Waals surface area contributed by atoms with Gasteiger partial charge in [0.15, 0.2) is 0 Å². The Morgan fingerprint density at radius 2 is 2.19 bits per heavy atom. The maximum Gasteiger partial charge on any atom is 0.253 e. The maximum absolute atomic E-state index is 13.0. The van der Waals surface area contributed by atoms with Gasteiger partial charge in [-0.1, -0.05) is 24.3 Å². The Bertz CT molecular complexity index is 1000. The number of aromatic nitrogens is 1. The molecule has 3 aromatic rings. The summed E-state index contributed by atoms with van der Waals surface area (Å²) in [5, 5.41) is 2.97. The predicted octanol–water partition coefficient (Wildman–Crippen LogP) is 3.61. The first-order valence-electron chi connectivity index (χ1n) is 9.16. The third-order valence-corrected chi connectivity index (χ3v) is 5.83. The van der Waals surface area contributed by atoms with E-state index in [0.29, 0.717) is 18.7 Å². The van der Waals surface area contributed by atoms with E-state index in [4.69, 9.17) is 4.74 Å². The van der Waals surface area contributed by atoms with Crippen molar-refractivity contribution in [3.05, 3.63) is 68.1 Å². The van der Waals surface area contributed by atoms with Gasteiger partial charge in [0.25, 0.3) is 11.5 Å². The zero-order chi connectivity index (χ0) is 18.8. The highest BCUT2D eigenvalue weighted by atomic mass is 32.1. The highest BCUT2D eigenvalue weighted by Gasteiger charge is 2.29. The fraction of sp³-hybridized carbons (Fsp3) is 0.333. The van der Waals surface area contributed by atoms with E-state index in [1.54, 1.807) is 16.2 Å². The molecule has 1 unspecified atom stereocenters. The topological polar surface area (TPSA) is 62.4 Å². The molecule has 4 rings (SSSR count). The number of H-pyrrole nitrogens is 1. The van der Waals surface area contributed by atoms with E-state index in [2.05, 4.69) is 4.98 Å². The smallest absolute Gasteiger partial charge is 0.253 e. The number of fused-ring (bicyclic) bond motifs is 1. The molecule has 1 fully saturated rings. The first kappa shape index (κ1) is 17.9. The summed E-state index contributed by atoms with van der Waals surface area (Å²) in [5.74, 6) is -0.0374. The molecule has 0 aliphatic carbocycles. The van der Waals surface area contributed by atoms with Crippen molar-refractivity contribution in [2.75, 3.05) is 6.61 Å². The Morgan fingerprint density at radius 1 is 1.30 bits per heavy atom. The molecule has 0 saturated carbocycles. The number of carbonyl (C=O) groups excluding carboxylic acids is 1. The van der Waals surface area contributed by atoms with Gasteiger partial charge in [0, 0.05) is 17.0 Å². The number of aryl methyl sites for hydroxylation is 1. The number of rotatable bonds is 5. The summed E-state index contributed by atoms with van der Waals surface area (Å²) in [6.45, 7) is 3.36. The summed E-state index contributed by atoms with van der Waals surface area (Å²) < 4.78 is 5.60.